The van der Waals surface area contributed by atoms with Crippen LogP contribution in [0.4, 0.5) is 5.69 Å². The molecule has 1 fully saturated rings. The van der Waals surface area contributed by atoms with Gasteiger partial charge in [-0.2, -0.15) is 0 Å². The predicted octanol–water partition coefficient (Wildman–Crippen LogP) is 2.99. The fraction of sp³-hybridized carbons (Fsp3) is 0.667. The Balaban J connectivity index is 2.04. The van der Waals surface area contributed by atoms with Crippen molar-refractivity contribution in [2.45, 2.75) is 39.2 Å². The third kappa shape index (κ3) is 2.83. The second-order valence-electron chi connectivity index (χ2n) is 5.20. The number of nitrogens with one attached hydrogen (secondary N) is 1. The van der Waals surface area contributed by atoms with E-state index in [1.807, 2.05) is 13.2 Å². The van der Waals surface area contributed by atoms with Gasteiger partial charge in [0.15, 0.2) is 0 Å². The maximum atomic E-state index is 4.61. The second kappa shape index (κ2) is 6.19. The summed E-state index contributed by atoms with van der Waals surface area (Å²) >= 11 is 0. The van der Waals surface area contributed by atoms with Crippen LogP contribution in [-0.4, -0.2) is 25.1 Å². The number of anilines is 1. The minimum Gasteiger partial charge on any atom is -0.370 e. The standard InChI is InChI=1S/C15H25N3/c1-4-12-8-9-18(11-12)13-6-7-15(17-10-13)14(5-2)16-3/h6-7,10,12,14,16H,4-5,8-9,11H2,1-3H3. The van der Waals surface area contributed by atoms with Crippen LogP contribution >= 0.6 is 0 Å². The van der Waals surface area contributed by atoms with Gasteiger partial charge in [0, 0.05) is 19.1 Å². The van der Waals surface area contributed by atoms with E-state index in [9.17, 15) is 0 Å². The highest BCUT2D eigenvalue weighted by Gasteiger charge is 2.21. The summed E-state index contributed by atoms with van der Waals surface area (Å²) in [4.78, 5) is 7.08. The third-order valence-electron chi connectivity index (χ3n) is 4.11. The summed E-state index contributed by atoms with van der Waals surface area (Å²) in [6, 6.07) is 4.76. The van der Waals surface area contributed by atoms with Gasteiger partial charge in [-0.15, -0.1) is 0 Å². The van der Waals surface area contributed by atoms with Gasteiger partial charge < -0.3 is 10.2 Å². The molecule has 0 bridgehead atoms. The van der Waals surface area contributed by atoms with Crippen LogP contribution in [0.1, 0.15) is 44.8 Å². The smallest absolute Gasteiger partial charge is 0.0574 e. The van der Waals surface area contributed by atoms with E-state index in [-0.39, 0.29) is 0 Å². The first-order valence-electron chi connectivity index (χ1n) is 7.16. The molecule has 1 aliphatic rings. The van der Waals surface area contributed by atoms with Crippen LogP contribution in [0.2, 0.25) is 0 Å². The Labute approximate surface area is 111 Å². The van der Waals surface area contributed by atoms with E-state index in [1.165, 1.54) is 31.6 Å². The summed E-state index contributed by atoms with van der Waals surface area (Å²) in [5.41, 5.74) is 2.43. The van der Waals surface area contributed by atoms with Crippen molar-refractivity contribution < 1.29 is 0 Å². The van der Waals surface area contributed by atoms with Crippen molar-refractivity contribution in [3.05, 3.63) is 24.0 Å². The van der Waals surface area contributed by atoms with Gasteiger partial charge in [0.05, 0.1) is 17.6 Å². The average Bonchev–Trinajstić information content (AvgIpc) is 2.90. The largest absolute Gasteiger partial charge is 0.370 e. The highest BCUT2D eigenvalue weighted by Crippen LogP contribution is 2.25. The van der Waals surface area contributed by atoms with Crippen molar-refractivity contribution in [3.8, 4) is 0 Å². The van der Waals surface area contributed by atoms with Crippen molar-refractivity contribution >= 4 is 5.69 Å². The lowest BCUT2D eigenvalue weighted by Crippen LogP contribution is -2.20. The molecule has 1 aromatic heterocycles. The van der Waals surface area contributed by atoms with Crippen molar-refractivity contribution in [3.63, 3.8) is 0 Å². The highest BCUT2D eigenvalue weighted by atomic mass is 15.2. The van der Waals surface area contributed by atoms with E-state index in [2.05, 4.69) is 41.2 Å². The minimum absolute atomic E-state index is 0.376. The molecule has 0 spiro atoms. The Morgan fingerprint density at radius 3 is 2.78 bits per heavy atom. The zero-order valence-electron chi connectivity index (χ0n) is 11.8. The summed E-state index contributed by atoms with van der Waals surface area (Å²) < 4.78 is 0. The van der Waals surface area contributed by atoms with Crippen LogP contribution in [0.5, 0.6) is 0 Å². The van der Waals surface area contributed by atoms with E-state index in [1.54, 1.807) is 0 Å². The molecule has 1 saturated heterocycles. The lowest BCUT2D eigenvalue weighted by Gasteiger charge is -2.19. The number of pyridine rings is 1. The van der Waals surface area contributed by atoms with Crippen LogP contribution in [0.25, 0.3) is 0 Å². The van der Waals surface area contributed by atoms with Gasteiger partial charge in [-0.3, -0.25) is 4.98 Å². The van der Waals surface area contributed by atoms with Crippen molar-refractivity contribution in [1.29, 1.82) is 0 Å². The second-order valence-corrected chi connectivity index (χ2v) is 5.20. The Morgan fingerprint density at radius 2 is 2.28 bits per heavy atom. The number of hydrogen-bond acceptors (Lipinski definition) is 3. The molecule has 100 valence electrons. The first kappa shape index (κ1) is 13.3. The fourth-order valence-corrected chi connectivity index (χ4v) is 2.75. The quantitative estimate of drug-likeness (QED) is 0.867. The normalized spacial score (nSPS) is 21.3. The maximum Gasteiger partial charge on any atom is 0.0574 e. The SMILES string of the molecule is CCC1CCN(c2ccc(C(CC)NC)nc2)C1. The molecule has 0 amide bonds. The molecule has 3 heteroatoms. The monoisotopic (exact) mass is 247 g/mol. The molecule has 0 radical (unpaired) electrons. The fourth-order valence-electron chi connectivity index (χ4n) is 2.75. The molecule has 18 heavy (non-hydrogen) atoms. The molecule has 1 N–H and O–H groups in total. The molecule has 0 aliphatic carbocycles. The Morgan fingerprint density at radius 1 is 1.44 bits per heavy atom. The molecule has 0 aromatic carbocycles. The lowest BCUT2D eigenvalue weighted by atomic mass is 10.1. The van der Waals surface area contributed by atoms with Crippen LogP contribution in [0.3, 0.4) is 0 Å². The van der Waals surface area contributed by atoms with Gasteiger partial charge in [-0.05, 0) is 37.9 Å². The number of rotatable bonds is 5. The van der Waals surface area contributed by atoms with Gasteiger partial charge in [-0.25, -0.2) is 0 Å². The zero-order chi connectivity index (χ0) is 13.0. The third-order valence-corrected chi connectivity index (χ3v) is 4.11. The van der Waals surface area contributed by atoms with Crippen molar-refractivity contribution in [2.75, 3.05) is 25.0 Å². The van der Waals surface area contributed by atoms with Crippen LogP contribution < -0.4 is 10.2 Å². The van der Waals surface area contributed by atoms with Crippen LogP contribution in [0, 0.1) is 5.92 Å². The predicted molar refractivity (Wildman–Crippen MR) is 76.9 cm³/mol. The molecule has 1 aromatic rings. The topological polar surface area (TPSA) is 28.2 Å². The van der Waals surface area contributed by atoms with Gasteiger partial charge in [0.2, 0.25) is 0 Å². The summed E-state index contributed by atoms with van der Waals surface area (Å²) in [6.07, 6.45) is 5.73. The van der Waals surface area contributed by atoms with Crippen molar-refractivity contribution in [2.24, 2.45) is 5.92 Å². The Bertz CT molecular complexity index is 357. The number of aromatic nitrogens is 1. The molecule has 2 atom stereocenters. The average molecular weight is 247 g/mol. The van der Waals surface area contributed by atoms with E-state index < -0.39 is 0 Å². The van der Waals surface area contributed by atoms with Crippen LogP contribution in [0.15, 0.2) is 18.3 Å². The maximum absolute atomic E-state index is 4.61. The molecule has 2 unspecified atom stereocenters. The van der Waals surface area contributed by atoms with Gasteiger partial charge >= 0.3 is 0 Å². The molecule has 2 heterocycles. The summed E-state index contributed by atoms with van der Waals surface area (Å²) in [5.74, 6) is 0.866. The van der Waals surface area contributed by atoms with E-state index >= 15 is 0 Å². The molecule has 1 aliphatic heterocycles. The van der Waals surface area contributed by atoms with E-state index in [0.717, 1.165) is 18.0 Å². The first-order valence-corrected chi connectivity index (χ1v) is 7.16. The highest BCUT2D eigenvalue weighted by molar-refractivity contribution is 5.45. The number of nitrogens with zero attached hydrogens (tertiary/aromatic N) is 2. The minimum atomic E-state index is 0.376. The van der Waals surface area contributed by atoms with Gasteiger partial charge in [0.1, 0.15) is 0 Å². The lowest BCUT2D eigenvalue weighted by molar-refractivity contribution is 0.561. The summed E-state index contributed by atoms with van der Waals surface area (Å²) in [7, 11) is 2.00. The zero-order valence-corrected chi connectivity index (χ0v) is 11.8. The molecule has 3 nitrogen and oxygen atoms in total. The van der Waals surface area contributed by atoms with Crippen LogP contribution in [-0.2, 0) is 0 Å². The molecular formula is C15H25N3. The van der Waals surface area contributed by atoms with Gasteiger partial charge in [-0.1, -0.05) is 20.3 Å². The molecule has 0 saturated carbocycles. The number of hydrogen-bond donors (Lipinski definition) is 1. The molecular weight excluding hydrogens is 222 g/mol. The molecule has 2 rings (SSSR count). The Hall–Kier alpha value is -1.09. The summed E-state index contributed by atoms with van der Waals surface area (Å²) in [5, 5.41) is 3.30. The van der Waals surface area contributed by atoms with Gasteiger partial charge in [0.25, 0.3) is 0 Å². The Kier molecular flexibility index (Phi) is 4.59. The summed E-state index contributed by atoms with van der Waals surface area (Å²) in [6.45, 7) is 6.85. The van der Waals surface area contributed by atoms with E-state index in [0.29, 0.717) is 6.04 Å². The first-order chi connectivity index (χ1) is 8.78. The van der Waals surface area contributed by atoms with E-state index in [4.69, 9.17) is 0 Å². The van der Waals surface area contributed by atoms with Crippen molar-refractivity contribution in [1.82, 2.24) is 10.3 Å².